The quantitative estimate of drug-likeness (QED) is 0.332. The lowest BCUT2D eigenvalue weighted by atomic mass is 10.4. The zero-order valence-electron chi connectivity index (χ0n) is 8.74. The van der Waals surface area contributed by atoms with Crippen molar-refractivity contribution in [3.63, 3.8) is 0 Å². The van der Waals surface area contributed by atoms with Crippen molar-refractivity contribution >= 4 is 17.3 Å². The van der Waals surface area contributed by atoms with E-state index in [2.05, 4.69) is 29.5 Å². The van der Waals surface area contributed by atoms with Gasteiger partial charge in [-0.05, 0) is 19.1 Å². The van der Waals surface area contributed by atoms with Gasteiger partial charge < -0.3 is 4.90 Å². The van der Waals surface area contributed by atoms with Crippen LogP contribution in [-0.4, -0.2) is 25.0 Å². The van der Waals surface area contributed by atoms with Gasteiger partial charge in [0.25, 0.3) is 0 Å². The summed E-state index contributed by atoms with van der Waals surface area (Å²) in [6, 6.07) is 4.24. The molecule has 3 N–H and O–H groups in total. The second kappa shape index (κ2) is 4.97. The highest BCUT2D eigenvalue weighted by Crippen LogP contribution is 2.16. The normalized spacial score (nSPS) is 11.6. The van der Waals surface area contributed by atoms with Gasteiger partial charge in [0.2, 0.25) is 5.96 Å². The predicted molar refractivity (Wildman–Crippen MR) is 61.2 cm³/mol. The number of guanidine groups is 1. The van der Waals surface area contributed by atoms with Crippen molar-refractivity contribution in [2.24, 2.45) is 10.8 Å². The molecular weight excluding hydrogens is 196 g/mol. The number of aliphatic imine (C=N–C) groups is 1. The van der Waals surface area contributed by atoms with E-state index in [0.29, 0.717) is 5.96 Å². The van der Waals surface area contributed by atoms with Gasteiger partial charge in [-0.2, -0.15) is 0 Å². The molecule has 0 aliphatic heterocycles. The smallest absolute Gasteiger partial charge is 0.208 e. The van der Waals surface area contributed by atoms with Crippen LogP contribution in [-0.2, 0) is 6.54 Å². The summed E-state index contributed by atoms with van der Waals surface area (Å²) >= 11 is 1.79. The molecule has 78 valence electrons. The average molecular weight is 212 g/mol. The number of nitrogens with two attached hydrogens (primary N) is 1. The minimum absolute atomic E-state index is 0.691. The molecule has 0 aliphatic rings. The summed E-state index contributed by atoms with van der Waals surface area (Å²) < 4.78 is 0. The first-order valence-electron chi connectivity index (χ1n) is 4.37. The van der Waals surface area contributed by atoms with Crippen LogP contribution in [0.1, 0.15) is 9.75 Å². The monoisotopic (exact) mass is 212 g/mol. The minimum Gasteiger partial charge on any atom is -0.340 e. The highest BCUT2D eigenvalue weighted by Gasteiger charge is 2.05. The van der Waals surface area contributed by atoms with Crippen molar-refractivity contribution in [2.45, 2.75) is 13.5 Å². The lowest BCUT2D eigenvalue weighted by Gasteiger charge is -2.18. The molecule has 1 aromatic rings. The largest absolute Gasteiger partial charge is 0.340 e. The molecule has 0 saturated carbocycles. The fraction of sp³-hybridized carbons (Fsp3) is 0.444. The first-order chi connectivity index (χ1) is 6.67. The third kappa shape index (κ3) is 2.71. The second-order valence-electron chi connectivity index (χ2n) is 3.06. The molecule has 0 radical (unpaired) electrons. The highest BCUT2D eigenvalue weighted by atomic mass is 32.1. The van der Waals surface area contributed by atoms with Crippen LogP contribution in [0.2, 0.25) is 0 Å². The number of hydrogen-bond acceptors (Lipinski definition) is 3. The fourth-order valence-corrected chi connectivity index (χ4v) is 2.17. The van der Waals surface area contributed by atoms with Gasteiger partial charge in [-0.1, -0.05) is 0 Å². The van der Waals surface area contributed by atoms with Crippen LogP contribution in [0.5, 0.6) is 0 Å². The molecule has 0 aliphatic carbocycles. The standard InChI is InChI=1S/C9H16N4S/c1-7-4-5-8(14-7)6-13(3)9(11-2)12-10/h4-5H,6,10H2,1-3H3,(H,11,12). The van der Waals surface area contributed by atoms with Crippen LogP contribution >= 0.6 is 11.3 Å². The molecule has 1 heterocycles. The van der Waals surface area contributed by atoms with E-state index in [-0.39, 0.29) is 0 Å². The van der Waals surface area contributed by atoms with Gasteiger partial charge in [-0.25, -0.2) is 5.84 Å². The van der Waals surface area contributed by atoms with Crippen molar-refractivity contribution < 1.29 is 0 Å². The van der Waals surface area contributed by atoms with Crippen molar-refractivity contribution in [3.05, 3.63) is 21.9 Å². The lowest BCUT2D eigenvalue weighted by molar-refractivity contribution is 0.483. The van der Waals surface area contributed by atoms with E-state index in [0.717, 1.165) is 6.54 Å². The van der Waals surface area contributed by atoms with E-state index in [1.54, 1.807) is 18.4 Å². The molecule has 0 aromatic carbocycles. The first-order valence-corrected chi connectivity index (χ1v) is 5.19. The number of nitrogens with one attached hydrogen (secondary N) is 1. The number of thiophene rings is 1. The molecule has 5 heteroatoms. The molecule has 0 spiro atoms. The van der Waals surface area contributed by atoms with E-state index in [9.17, 15) is 0 Å². The molecule has 0 saturated heterocycles. The maximum absolute atomic E-state index is 5.32. The zero-order chi connectivity index (χ0) is 10.6. The van der Waals surface area contributed by atoms with E-state index in [4.69, 9.17) is 5.84 Å². The van der Waals surface area contributed by atoms with Crippen molar-refractivity contribution in [3.8, 4) is 0 Å². The summed E-state index contributed by atoms with van der Waals surface area (Å²) in [6.45, 7) is 2.93. The Morgan fingerprint density at radius 2 is 2.36 bits per heavy atom. The van der Waals surface area contributed by atoms with Crippen LogP contribution in [0.3, 0.4) is 0 Å². The van der Waals surface area contributed by atoms with Gasteiger partial charge in [0.05, 0.1) is 6.54 Å². The Balaban J connectivity index is 2.60. The summed E-state index contributed by atoms with van der Waals surface area (Å²) in [5, 5.41) is 0. The number of aryl methyl sites for hydroxylation is 1. The second-order valence-corrected chi connectivity index (χ2v) is 4.43. The first kappa shape index (κ1) is 11.0. The van der Waals surface area contributed by atoms with Crippen LogP contribution in [0.25, 0.3) is 0 Å². The Labute approximate surface area is 88.4 Å². The summed E-state index contributed by atoms with van der Waals surface area (Å²) in [7, 11) is 3.67. The maximum Gasteiger partial charge on any atom is 0.208 e. The van der Waals surface area contributed by atoms with Crippen LogP contribution in [0.4, 0.5) is 0 Å². The summed E-state index contributed by atoms with van der Waals surface area (Å²) in [6.07, 6.45) is 0. The van der Waals surface area contributed by atoms with Crippen LogP contribution < -0.4 is 11.3 Å². The Morgan fingerprint density at radius 1 is 1.64 bits per heavy atom. The van der Waals surface area contributed by atoms with Gasteiger partial charge in [-0.3, -0.25) is 10.4 Å². The lowest BCUT2D eigenvalue weighted by Crippen LogP contribution is -2.42. The Morgan fingerprint density at radius 3 is 2.79 bits per heavy atom. The Hall–Kier alpha value is -1.07. The summed E-state index contributed by atoms with van der Waals surface area (Å²) in [5.41, 5.74) is 2.56. The van der Waals surface area contributed by atoms with Crippen LogP contribution in [0.15, 0.2) is 17.1 Å². The number of hydrazine groups is 1. The molecule has 0 fully saturated rings. The van der Waals surface area contributed by atoms with E-state index >= 15 is 0 Å². The molecule has 1 rings (SSSR count). The number of nitrogens with zero attached hydrogens (tertiary/aromatic N) is 2. The van der Waals surface area contributed by atoms with Crippen molar-refractivity contribution in [1.82, 2.24) is 10.3 Å². The Bertz CT molecular complexity index is 318. The minimum atomic E-state index is 0.691. The summed E-state index contributed by atoms with van der Waals surface area (Å²) in [4.78, 5) is 8.63. The van der Waals surface area contributed by atoms with Gasteiger partial charge in [0.1, 0.15) is 0 Å². The number of hydrogen-bond donors (Lipinski definition) is 2. The van der Waals surface area contributed by atoms with Gasteiger partial charge in [0, 0.05) is 23.8 Å². The van der Waals surface area contributed by atoms with E-state index in [1.165, 1.54) is 9.75 Å². The molecular formula is C9H16N4S. The third-order valence-corrected chi connectivity index (χ3v) is 2.88. The Kier molecular flexibility index (Phi) is 3.91. The number of rotatable bonds is 2. The third-order valence-electron chi connectivity index (χ3n) is 1.89. The van der Waals surface area contributed by atoms with Gasteiger partial charge in [-0.15, -0.1) is 11.3 Å². The van der Waals surface area contributed by atoms with Gasteiger partial charge >= 0.3 is 0 Å². The van der Waals surface area contributed by atoms with E-state index in [1.807, 2.05) is 11.9 Å². The topological polar surface area (TPSA) is 53.6 Å². The fourth-order valence-electron chi connectivity index (χ4n) is 1.22. The molecule has 0 unspecified atom stereocenters. The SMILES string of the molecule is CN=C(NN)N(C)Cc1ccc(C)s1. The van der Waals surface area contributed by atoms with Crippen molar-refractivity contribution in [1.29, 1.82) is 0 Å². The molecule has 14 heavy (non-hydrogen) atoms. The average Bonchev–Trinajstić information content (AvgIpc) is 2.53. The van der Waals surface area contributed by atoms with Crippen LogP contribution in [0, 0.1) is 6.92 Å². The van der Waals surface area contributed by atoms with Gasteiger partial charge in [0.15, 0.2) is 0 Å². The molecule has 0 amide bonds. The van der Waals surface area contributed by atoms with Crippen molar-refractivity contribution in [2.75, 3.05) is 14.1 Å². The van der Waals surface area contributed by atoms with E-state index < -0.39 is 0 Å². The predicted octanol–water partition coefficient (Wildman–Crippen LogP) is 0.937. The highest BCUT2D eigenvalue weighted by molar-refractivity contribution is 7.11. The molecule has 1 aromatic heterocycles. The molecule has 0 bridgehead atoms. The summed E-state index contributed by atoms with van der Waals surface area (Å²) in [5.74, 6) is 6.01. The molecule has 0 atom stereocenters. The maximum atomic E-state index is 5.32. The zero-order valence-corrected chi connectivity index (χ0v) is 9.56. The molecule has 4 nitrogen and oxygen atoms in total.